The number of rotatable bonds is 4. The van der Waals surface area contributed by atoms with Crippen molar-refractivity contribution < 1.29 is 9.13 Å². The van der Waals surface area contributed by atoms with Crippen molar-refractivity contribution in [3.05, 3.63) is 42.3 Å². The topological polar surface area (TPSA) is 52.0 Å². The molecule has 0 bridgehead atoms. The van der Waals surface area contributed by atoms with E-state index in [0.717, 1.165) is 66.9 Å². The van der Waals surface area contributed by atoms with Gasteiger partial charge in [0.1, 0.15) is 11.6 Å². The van der Waals surface area contributed by atoms with E-state index in [4.69, 9.17) is 4.74 Å². The van der Waals surface area contributed by atoms with Gasteiger partial charge in [0, 0.05) is 36.2 Å². The Morgan fingerprint density at radius 2 is 1.92 bits per heavy atom. The molecule has 5 rings (SSSR count). The Labute approximate surface area is 151 Å². The van der Waals surface area contributed by atoms with Gasteiger partial charge in [-0.3, -0.25) is 0 Å². The van der Waals surface area contributed by atoms with Crippen LogP contribution in [0.2, 0.25) is 0 Å². The second-order valence-electron chi connectivity index (χ2n) is 7.19. The van der Waals surface area contributed by atoms with Crippen molar-refractivity contribution in [2.24, 2.45) is 0 Å². The fourth-order valence-electron chi connectivity index (χ4n) is 3.77. The van der Waals surface area contributed by atoms with Crippen LogP contribution in [-0.2, 0) is 4.74 Å². The molecule has 3 heterocycles. The predicted molar refractivity (Wildman–Crippen MR) is 98.7 cm³/mol. The quantitative estimate of drug-likeness (QED) is 0.766. The van der Waals surface area contributed by atoms with Crippen LogP contribution >= 0.6 is 0 Å². The predicted octanol–water partition coefficient (Wildman–Crippen LogP) is 4.16. The third kappa shape index (κ3) is 2.94. The number of halogens is 1. The maximum atomic E-state index is 13.8. The highest BCUT2D eigenvalue weighted by Gasteiger charge is 2.28. The zero-order valence-electron chi connectivity index (χ0n) is 14.5. The Morgan fingerprint density at radius 1 is 1.08 bits per heavy atom. The van der Waals surface area contributed by atoms with Crippen molar-refractivity contribution in [3.8, 4) is 11.3 Å². The van der Waals surface area contributed by atoms with Gasteiger partial charge in [-0.15, -0.1) is 5.10 Å². The van der Waals surface area contributed by atoms with Crippen molar-refractivity contribution in [2.75, 3.05) is 18.5 Å². The highest BCUT2D eigenvalue weighted by molar-refractivity contribution is 5.87. The smallest absolute Gasteiger partial charge is 0.149 e. The minimum absolute atomic E-state index is 0.196. The molecule has 6 heteroatoms. The van der Waals surface area contributed by atoms with Gasteiger partial charge in [-0.25, -0.2) is 4.39 Å². The van der Waals surface area contributed by atoms with Crippen molar-refractivity contribution in [2.45, 2.75) is 37.8 Å². The van der Waals surface area contributed by atoms with Crippen LogP contribution in [-0.4, -0.2) is 34.0 Å². The molecule has 2 fully saturated rings. The van der Waals surface area contributed by atoms with E-state index in [1.807, 2.05) is 12.1 Å². The van der Waals surface area contributed by atoms with E-state index < -0.39 is 0 Å². The zero-order chi connectivity index (χ0) is 17.5. The van der Waals surface area contributed by atoms with Gasteiger partial charge in [-0.2, -0.15) is 5.10 Å². The maximum Gasteiger partial charge on any atom is 0.149 e. The number of nitrogens with one attached hydrogen (secondary N) is 1. The molecule has 0 amide bonds. The Hall–Kier alpha value is -2.47. The largest absolute Gasteiger partial charge is 0.381 e. The fraction of sp³-hybridized carbons (Fsp3) is 0.400. The van der Waals surface area contributed by atoms with E-state index in [1.54, 1.807) is 12.3 Å². The van der Waals surface area contributed by atoms with Gasteiger partial charge in [0.25, 0.3) is 0 Å². The number of fused-ring (bicyclic) bond motifs is 1. The molecule has 0 unspecified atom stereocenters. The van der Waals surface area contributed by atoms with Gasteiger partial charge >= 0.3 is 0 Å². The number of nitrogens with zero attached hydrogens (tertiary/aromatic N) is 3. The number of anilines is 1. The van der Waals surface area contributed by atoms with Crippen molar-refractivity contribution >= 4 is 16.7 Å². The lowest BCUT2D eigenvalue weighted by atomic mass is 10.1. The lowest BCUT2D eigenvalue weighted by molar-refractivity contribution is 0.0903. The first-order valence-electron chi connectivity index (χ1n) is 9.26. The first-order chi connectivity index (χ1) is 12.8. The average molecular weight is 352 g/mol. The van der Waals surface area contributed by atoms with Gasteiger partial charge in [-0.1, -0.05) is 0 Å². The summed E-state index contributed by atoms with van der Waals surface area (Å²) in [6.07, 6.45) is 6.03. The summed E-state index contributed by atoms with van der Waals surface area (Å²) in [5.74, 6) is 0.590. The van der Waals surface area contributed by atoms with Crippen molar-refractivity contribution in [3.63, 3.8) is 0 Å². The maximum absolute atomic E-state index is 13.8. The minimum atomic E-state index is -0.196. The number of ether oxygens (including phenoxy) is 1. The molecule has 2 aliphatic rings. The highest BCUT2D eigenvalue weighted by atomic mass is 19.1. The monoisotopic (exact) mass is 352 g/mol. The number of aromatic nitrogens is 3. The summed E-state index contributed by atoms with van der Waals surface area (Å²) in [4.78, 5) is 0. The van der Waals surface area contributed by atoms with Gasteiger partial charge in [-0.05, 0) is 56.0 Å². The van der Waals surface area contributed by atoms with Crippen LogP contribution < -0.4 is 5.32 Å². The van der Waals surface area contributed by atoms with Gasteiger partial charge in [0.15, 0.2) is 0 Å². The molecule has 0 radical (unpaired) electrons. The van der Waals surface area contributed by atoms with E-state index in [-0.39, 0.29) is 5.82 Å². The summed E-state index contributed by atoms with van der Waals surface area (Å²) in [5.41, 5.74) is 3.05. The molecule has 1 aliphatic carbocycles. The molecule has 2 aromatic heterocycles. The van der Waals surface area contributed by atoms with Crippen molar-refractivity contribution in [1.29, 1.82) is 0 Å². The highest BCUT2D eigenvalue weighted by Crippen LogP contribution is 2.42. The Bertz CT molecular complexity index is 944. The van der Waals surface area contributed by atoms with Crippen LogP contribution in [0.1, 0.15) is 31.7 Å². The molecule has 1 aliphatic heterocycles. The third-order valence-corrected chi connectivity index (χ3v) is 5.24. The number of hydrogen-bond acceptors (Lipinski definition) is 4. The average Bonchev–Trinajstić information content (AvgIpc) is 3.43. The van der Waals surface area contributed by atoms with Crippen LogP contribution in [0.4, 0.5) is 10.2 Å². The molecular formula is C20H21FN4O. The molecule has 1 N–H and O–H groups in total. The molecule has 0 atom stereocenters. The van der Waals surface area contributed by atoms with Crippen LogP contribution in [0.25, 0.3) is 22.2 Å². The summed E-state index contributed by atoms with van der Waals surface area (Å²) < 4.78 is 21.5. The first kappa shape index (κ1) is 15.8. The molecule has 3 aromatic rings. The molecule has 1 aromatic carbocycles. The van der Waals surface area contributed by atoms with Crippen LogP contribution in [0.5, 0.6) is 0 Å². The van der Waals surface area contributed by atoms with Gasteiger partial charge in [0.05, 0.1) is 17.4 Å². The summed E-state index contributed by atoms with van der Waals surface area (Å²) >= 11 is 0. The molecule has 1 saturated carbocycles. The lowest BCUT2D eigenvalue weighted by Crippen LogP contribution is -2.28. The molecular weight excluding hydrogens is 331 g/mol. The van der Waals surface area contributed by atoms with E-state index in [0.29, 0.717) is 12.1 Å². The number of hydrogen-bond donors (Lipinski definition) is 1. The standard InChI is InChI=1S/C20H21FN4O/c21-15-2-1-13-9-18(25(17-3-4-17)19(13)11-15)14-10-20(24-22-12-14)23-16-5-7-26-8-6-16/h1-2,9-12,16-17H,3-8H2,(H,23,24). The summed E-state index contributed by atoms with van der Waals surface area (Å²) in [7, 11) is 0. The molecule has 26 heavy (non-hydrogen) atoms. The van der Waals surface area contributed by atoms with Gasteiger partial charge < -0.3 is 14.6 Å². The second kappa shape index (κ2) is 6.36. The van der Waals surface area contributed by atoms with E-state index >= 15 is 0 Å². The molecule has 134 valence electrons. The molecule has 0 spiro atoms. The first-order valence-corrected chi connectivity index (χ1v) is 9.26. The Balaban J connectivity index is 1.53. The Kier molecular flexibility index (Phi) is 3.85. The molecule has 5 nitrogen and oxygen atoms in total. The van der Waals surface area contributed by atoms with Crippen molar-refractivity contribution in [1.82, 2.24) is 14.8 Å². The zero-order valence-corrected chi connectivity index (χ0v) is 14.5. The lowest BCUT2D eigenvalue weighted by Gasteiger charge is -2.23. The van der Waals surface area contributed by atoms with E-state index in [1.165, 1.54) is 6.07 Å². The second-order valence-corrected chi connectivity index (χ2v) is 7.19. The summed E-state index contributed by atoms with van der Waals surface area (Å²) in [6.45, 7) is 1.57. The third-order valence-electron chi connectivity index (χ3n) is 5.24. The number of benzene rings is 1. The minimum Gasteiger partial charge on any atom is -0.381 e. The van der Waals surface area contributed by atoms with Gasteiger partial charge in [0.2, 0.25) is 0 Å². The molecule has 1 saturated heterocycles. The summed E-state index contributed by atoms with van der Waals surface area (Å²) in [6, 6.07) is 10.00. The van der Waals surface area contributed by atoms with Crippen LogP contribution in [0, 0.1) is 5.82 Å². The summed E-state index contributed by atoms with van der Waals surface area (Å²) in [5, 5.41) is 13.0. The fourth-order valence-corrected chi connectivity index (χ4v) is 3.77. The normalized spacial score (nSPS) is 18.3. The Morgan fingerprint density at radius 3 is 2.73 bits per heavy atom. The van der Waals surface area contributed by atoms with E-state index in [2.05, 4.69) is 26.1 Å². The van der Waals surface area contributed by atoms with E-state index in [9.17, 15) is 4.39 Å². The van der Waals surface area contributed by atoms with Crippen LogP contribution in [0.3, 0.4) is 0 Å². The van der Waals surface area contributed by atoms with Crippen LogP contribution in [0.15, 0.2) is 36.5 Å². The SMILES string of the molecule is Fc1ccc2cc(-c3cnnc(NC4CCOCC4)c3)n(C3CC3)c2c1.